The number of rotatable bonds is 2. The second-order valence-corrected chi connectivity index (χ2v) is 4.55. The van der Waals surface area contributed by atoms with Crippen molar-refractivity contribution >= 4 is 0 Å². The number of halogens is 1. The van der Waals surface area contributed by atoms with E-state index in [2.05, 4.69) is 13.8 Å². The van der Waals surface area contributed by atoms with Gasteiger partial charge in [-0.15, -0.1) is 0 Å². The lowest BCUT2D eigenvalue weighted by Gasteiger charge is -2.08. The minimum absolute atomic E-state index is 0.106. The Bertz CT molecular complexity index is 591. The molecule has 0 aliphatic heterocycles. The first-order chi connectivity index (χ1) is 8.63. The number of benzene rings is 2. The van der Waals surface area contributed by atoms with Gasteiger partial charge in [0.2, 0.25) is 0 Å². The molecule has 2 rings (SSSR count). The summed E-state index contributed by atoms with van der Waals surface area (Å²) in [7, 11) is 0. The van der Waals surface area contributed by atoms with Gasteiger partial charge in [-0.2, -0.15) is 5.26 Å². The third-order valence-electron chi connectivity index (χ3n) is 3.01. The quantitative estimate of drug-likeness (QED) is 0.757. The fourth-order valence-electron chi connectivity index (χ4n) is 1.93. The summed E-state index contributed by atoms with van der Waals surface area (Å²) in [5, 5.41) is 9.01. The van der Waals surface area contributed by atoms with Gasteiger partial charge >= 0.3 is 0 Å². The van der Waals surface area contributed by atoms with Crippen LogP contribution in [0.5, 0.6) is 0 Å². The van der Waals surface area contributed by atoms with Crippen molar-refractivity contribution in [3.63, 3.8) is 0 Å². The van der Waals surface area contributed by atoms with Gasteiger partial charge in [-0.05, 0) is 23.1 Å². The van der Waals surface area contributed by atoms with Gasteiger partial charge in [0.1, 0.15) is 11.9 Å². The van der Waals surface area contributed by atoms with E-state index in [1.54, 1.807) is 12.1 Å². The fourth-order valence-corrected chi connectivity index (χ4v) is 1.93. The molecule has 0 aliphatic carbocycles. The monoisotopic (exact) mass is 239 g/mol. The van der Waals surface area contributed by atoms with E-state index in [9.17, 15) is 4.39 Å². The minimum Gasteiger partial charge on any atom is -0.206 e. The van der Waals surface area contributed by atoms with Crippen LogP contribution >= 0.6 is 0 Å². The molecule has 90 valence electrons. The number of nitrogens with zero attached hydrogens (tertiary/aromatic N) is 1. The van der Waals surface area contributed by atoms with Gasteiger partial charge in [0.05, 0.1) is 5.56 Å². The maximum absolute atomic E-state index is 13.5. The predicted molar refractivity (Wildman–Crippen MR) is 70.6 cm³/mol. The topological polar surface area (TPSA) is 23.8 Å². The van der Waals surface area contributed by atoms with Gasteiger partial charge in [0.25, 0.3) is 0 Å². The highest BCUT2D eigenvalue weighted by atomic mass is 19.1. The van der Waals surface area contributed by atoms with Crippen molar-refractivity contribution in [3.05, 3.63) is 59.4 Å². The Hall–Kier alpha value is -2.14. The van der Waals surface area contributed by atoms with E-state index in [-0.39, 0.29) is 5.56 Å². The summed E-state index contributed by atoms with van der Waals surface area (Å²) in [6, 6.07) is 14.5. The van der Waals surface area contributed by atoms with Gasteiger partial charge in [-0.3, -0.25) is 0 Å². The van der Waals surface area contributed by atoms with Crippen LogP contribution in [0.4, 0.5) is 4.39 Å². The first-order valence-corrected chi connectivity index (χ1v) is 5.92. The van der Waals surface area contributed by atoms with Crippen LogP contribution in [0, 0.1) is 17.1 Å². The number of hydrogen-bond acceptors (Lipinski definition) is 1. The number of nitriles is 1. The third kappa shape index (κ3) is 2.26. The molecule has 2 heteroatoms. The molecule has 0 amide bonds. The molecule has 2 aromatic rings. The highest BCUT2D eigenvalue weighted by Crippen LogP contribution is 2.26. The molecule has 0 bridgehead atoms. The number of hydrogen-bond donors (Lipinski definition) is 0. The molecule has 0 fully saturated rings. The summed E-state index contributed by atoms with van der Waals surface area (Å²) in [6.07, 6.45) is 0. The van der Waals surface area contributed by atoms with E-state index < -0.39 is 5.82 Å². The van der Waals surface area contributed by atoms with Crippen molar-refractivity contribution in [1.82, 2.24) is 0 Å². The van der Waals surface area contributed by atoms with Crippen LogP contribution < -0.4 is 0 Å². The van der Waals surface area contributed by atoms with Crippen LogP contribution in [0.25, 0.3) is 11.1 Å². The van der Waals surface area contributed by atoms with Crippen LogP contribution in [-0.2, 0) is 0 Å². The van der Waals surface area contributed by atoms with Gasteiger partial charge in [0, 0.05) is 5.56 Å². The SMILES string of the molecule is CC(C)c1ccc(-c2cccc(F)c2C#N)cc1. The van der Waals surface area contributed by atoms with E-state index in [0.29, 0.717) is 11.5 Å². The second-order valence-electron chi connectivity index (χ2n) is 4.55. The summed E-state index contributed by atoms with van der Waals surface area (Å²) >= 11 is 0. The lowest BCUT2D eigenvalue weighted by molar-refractivity contribution is 0.624. The smallest absolute Gasteiger partial charge is 0.141 e. The Morgan fingerprint density at radius 2 is 1.72 bits per heavy atom. The van der Waals surface area contributed by atoms with Crippen LogP contribution in [0.2, 0.25) is 0 Å². The molecule has 0 heterocycles. The van der Waals surface area contributed by atoms with Crippen LogP contribution in [0.15, 0.2) is 42.5 Å². The van der Waals surface area contributed by atoms with Gasteiger partial charge in [-0.1, -0.05) is 50.2 Å². The highest BCUT2D eigenvalue weighted by Gasteiger charge is 2.09. The fraction of sp³-hybridized carbons (Fsp3) is 0.188. The molecule has 0 spiro atoms. The summed E-state index contributed by atoms with van der Waals surface area (Å²) in [5.74, 6) is -0.00932. The lowest BCUT2D eigenvalue weighted by Crippen LogP contribution is -1.91. The van der Waals surface area contributed by atoms with Crippen LogP contribution in [0.1, 0.15) is 30.9 Å². The molecule has 18 heavy (non-hydrogen) atoms. The lowest BCUT2D eigenvalue weighted by atomic mass is 9.96. The van der Waals surface area contributed by atoms with E-state index in [1.807, 2.05) is 30.3 Å². The molecular weight excluding hydrogens is 225 g/mol. The van der Waals surface area contributed by atoms with Gasteiger partial charge in [0.15, 0.2) is 0 Å². The zero-order valence-electron chi connectivity index (χ0n) is 10.4. The van der Waals surface area contributed by atoms with E-state index in [0.717, 1.165) is 5.56 Å². The molecule has 1 nitrogen and oxygen atoms in total. The highest BCUT2D eigenvalue weighted by molar-refractivity contribution is 5.70. The molecule has 2 aromatic carbocycles. The molecule has 0 unspecified atom stereocenters. The predicted octanol–water partition coefficient (Wildman–Crippen LogP) is 4.49. The van der Waals surface area contributed by atoms with E-state index in [1.165, 1.54) is 11.6 Å². The van der Waals surface area contributed by atoms with Gasteiger partial charge < -0.3 is 0 Å². The van der Waals surface area contributed by atoms with Crippen molar-refractivity contribution in [2.75, 3.05) is 0 Å². The summed E-state index contributed by atoms with van der Waals surface area (Å²) in [5.41, 5.74) is 2.85. The van der Waals surface area contributed by atoms with Gasteiger partial charge in [-0.25, -0.2) is 4.39 Å². The van der Waals surface area contributed by atoms with Crippen molar-refractivity contribution in [2.24, 2.45) is 0 Å². The molecule has 0 N–H and O–H groups in total. The zero-order chi connectivity index (χ0) is 13.1. The Balaban J connectivity index is 2.50. The first kappa shape index (κ1) is 12.3. The maximum atomic E-state index is 13.5. The molecule has 0 atom stereocenters. The Kier molecular flexibility index (Phi) is 3.43. The Morgan fingerprint density at radius 1 is 1.06 bits per heavy atom. The molecule has 0 saturated carbocycles. The summed E-state index contributed by atoms with van der Waals surface area (Å²) in [6.45, 7) is 4.25. The standard InChI is InChI=1S/C16H14FN/c1-11(2)12-6-8-13(9-7-12)14-4-3-5-16(17)15(14)10-18/h3-9,11H,1-2H3. The minimum atomic E-state index is -0.470. The molecule has 0 radical (unpaired) electrons. The Morgan fingerprint density at radius 3 is 2.28 bits per heavy atom. The van der Waals surface area contributed by atoms with Crippen molar-refractivity contribution in [3.8, 4) is 17.2 Å². The third-order valence-corrected chi connectivity index (χ3v) is 3.01. The summed E-state index contributed by atoms with van der Waals surface area (Å²) < 4.78 is 13.5. The molecule has 0 saturated heterocycles. The first-order valence-electron chi connectivity index (χ1n) is 5.92. The second kappa shape index (κ2) is 5.01. The van der Waals surface area contributed by atoms with Crippen molar-refractivity contribution < 1.29 is 4.39 Å². The Labute approximate surface area is 107 Å². The molecule has 0 aliphatic rings. The van der Waals surface area contributed by atoms with Crippen LogP contribution in [0.3, 0.4) is 0 Å². The van der Waals surface area contributed by atoms with Crippen molar-refractivity contribution in [2.45, 2.75) is 19.8 Å². The average molecular weight is 239 g/mol. The zero-order valence-corrected chi connectivity index (χ0v) is 10.4. The average Bonchev–Trinajstić information content (AvgIpc) is 2.38. The van der Waals surface area contributed by atoms with Crippen LogP contribution in [-0.4, -0.2) is 0 Å². The van der Waals surface area contributed by atoms with Crippen molar-refractivity contribution in [1.29, 1.82) is 5.26 Å². The normalized spacial score (nSPS) is 10.4. The van der Waals surface area contributed by atoms with E-state index in [4.69, 9.17) is 5.26 Å². The van der Waals surface area contributed by atoms with E-state index >= 15 is 0 Å². The summed E-state index contributed by atoms with van der Waals surface area (Å²) in [4.78, 5) is 0. The molecular formula is C16H14FN. The maximum Gasteiger partial charge on any atom is 0.141 e. The largest absolute Gasteiger partial charge is 0.206 e. The molecule has 0 aromatic heterocycles.